The van der Waals surface area contributed by atoms with Crippen molar-refractivity contribution in [3.8, 4) is 0 Å². The number of nitrogens with zero attached hydrogens (tertiary/aromatic N) is 2. The normalized spacial score (nSPS) is 10.4. The van der Waals surface area contributed by atoms with Gasteiger partial charge in [0, 0.05) is 18.1 Å². The summed E-state index contributed by atoms with van der Waals surface area (Å²) in [6.07, 6.45) is 2.91. The molecule has 132 valence electrons. The van der Waals surface area contributed by atoms with Gasteiger partial charge in [-0.25, -0.2) is 14.4 Å². The Labute approximate surface area is 155 Å². The van der Waals surface area contributed by atoms with Crippen LogP contribution in [0.4, 0.5) is 10.2 Å². The molecule has 0 saturated heterocycles. The fourth-order valence-electron chi connectivity index (χ4n) is 2.21. The van der Waals surface area contributed by atoms with Gasteiger partial charge < -0.3 is 10.6 Å². The van der Waals surface area contributed by atoms with Crippen LogP contribution in [0.25, 0.3) is 0 Å². The molecule has 0 bridgehead atoms. The molecule has 0 radical (unpaired) electrons. The fourth-order valence-corrected chi connectivity index (χ4v) is 2.33. The summed E-state index contributed by atoms with van der Waals surface area (Å²) < 4.78 is 12.9. The zero-order valence-electron chi connectivity index (χ0n) is 13.7. The van der Waals surface area contributed by atoms with Crippen LogP contribution in [0.2, 0.25) is 5.02 Å². The van der Waals surface area contributed by atoms with Crippen LogP contribution in [-0.4, -0.2) is 15.9 Å². The Morgan fingerprint density at radius 2 is 1.58 bits per heavy atom. The maximum atomic E-state index is 12.9. The van der Waals surface area contributed by atoms with Crippen LogP contribution in [0.3, 0.4) is 0 Å². The van der Waals surface area contributed by atoms with E-state index in [1.165, 1.54) is 24.5 Å². The lowest BCUT2D eigenvalue weighted by molar-refractivity contribution is 0.0945. The van der Waals surface area contributed by atoms with E-state index in [2.05, 4.69) is 20.6 Å². The van der Waals surface area contributed by atoms with Gasteiger partial charge in [0.2, 0.25) is 0 Å². The number of amides is 1. The topological polar surface area (TPSA) is 66.9 Å². The maximum absolute atomic E-state index is 12.9. The molecule has 0 aliphatic carbocycles. The van der Waals surface area contributed by atoms with Gasteiger partial charge in [0.1, 0.15) is 17.3 Å². The quantitative estimate of drug-likeness (QED) is 0.692. The number of carbonyl (C=O) groups is 1. The van der Waals surface area contributed by atoms with Crippen molar-refractivity contribution in [3.05, 3.63) is 88.6 Å². The molecule has 2 aromatic carbocycles. The summed E-state index contributed by atoms with van der Waals surface area (Å²) in [6, 6.07) is 13.4. The highest BCUT2D eigenvalue weighted by Gasteiger charge is 2.08. The summed E-state index contributed by atoms with van der Waals surface area (Å²) in [7, 11) is 0. The predicted molar refractivity (Wildman–Crippen MR) is 98.4 cm³/mol. The smallest absolute Gasteiger partial charge is 0.271 e. The van der Waals surface area contributed by atoms with Gasteiger partial charge in [-0.05, 0) is 35.4 Å². The first-order valence-corrected chi connectivity index (χ1v) is 8.31. The third-order valence-electron chi connectivity index (χ3n) is 3.64. The van der Waals surface area contributed by atoms with Crippen LogP contribution in [0.15, 0.2) is 60.9 Å². The number of hydrogen-bond acceptors (Lipinski definition) is 4. The molecule has 5 nitrogen and oxygen atoms in total. The molecule has 0 unspecified atom stereocenters. The fraction of sp³-hybridized carbons (Fsp3) is 0.105. The number of benzene rings is 2. The van der Waals surface area contributed by atoms with E-state index in [1.807, 2.05) is 24.3 Å². The van der Waals surface area contributed by atoms with Gasteiger partial charge in [-0.3, -0.25) is 4.79 Å². The molecule has 7 heteroatoms. The lowest BCUT2D eigenvalue weighted by Gasteiger charge is -2.07. The van der Waals surface area contributed by atoms with Crippen LogP contribution >= 0.6 is 11.6 Å². The summed E-state index contributed by atoms with van der Waals surface area (Å²) in [5, 5.41) is 6.53. The third kappa shape index (κ3) is 5.00. The number of carbonyl (C=O) groups excluding carboxylic acids is 1. The van der Waals surface area contributed by atoms with E-state index in [-0.39, 0.29) is 24.0 Å². The van der Waals surface area contributed by atoms with Gasteiger partial charge in [-0.1, -0.05) is 35.9 Å². The van der Waals surface area contributed by atoms with E-state index in [4.69, 9.17) is 11.6 Å². The zero-order chi connectivity index (χ0) is 18.4. The molecule has 0 aliphatic rings. The van der Waals surface area contributed by atoms with Crippen molar-refractivity contribution >= 4 is 23.3 Å². The first-order valence-electron chi connectivity index (χ1n) is 7.93. The second-order valence-electron chi connectivity index (χ2n) is 5.58. The summed E-state index contributed by atoms with van der Waals surface area (Å²) >= 11 is 5.85. The average Bonchev–Trinajstić information content (AvgIpc) is 2.67. The van der Waals surface area contributed by atoms with Gasteiger partial charge in [0.25, 0.3) is 5.91 Å². The molecule has 1 aromatic heterocycles. The SMILES string of the molecule is O=C(NCc1ccc(F)cc1)c1cnc(NCc2ccc(Cl)cc2)cn1. The summed E-state index contributed by atoms with van der Waals surface area (Å²) in [5.41, 5.74) is 2.07. The molecule has 3 rings (SSSR count). The number of nitrogens with one attached hydrogen (secondary N) is 2. The van der Waals surface area contributed by atoms with Crippen LogP contribution in [-0.2, 0) is 13.1 Å². The van der Waals surface area contributed by atoms with E-state index < -0.39 is 0 Å². The van der Waals surface area contributed by atoms with E-state index in [9.17, 15) is 9.18 Å². The Balaban J connectivity index is 1.52. The van der Waals surface area contributed by atoms with Crippen molar-refractivity contribution < 1.29 is 9.18 Å². The minimum atomic E-state index is -0.342. The van der Waals surface area contributed by atoms with Crippen molar-refractivity contribution in [1.29, 1.82) is 0 Å². The summed E-state index contributed by atoms with van der Waals surface area (Å²) in [5.74, 6) is -0.0891. The lowest BCUT2D eigenvalue weighted by atomic mass is 10.2. The third-order valence-corrected chi connectivity index (χ3v) is 3.89. The molecular weight excluding hydrogens is 355 g/mol. The number of halogens is 2. The highest BCUT2D eigenvalue weighted by atomic mass is 35.5. The van der Waals surface area contributed by atoms with Gasteiger partial charge >= 0.3 is 0 Å². The molecule has 0 fully saturated rings. The van der Waals surface area contributed by atoms with E-state index in [0.717, 1.165) is 11.1 Å². The monoisotopic (exact) mass is 370 g/mol. The summed E-state index contributed by atoms with van der Waals surface area (Å²) in [6.45, 7) is 0.860. The Kier molecular flexibility index (Phi) is 5.76. The first-order chi connectivity index (χ1) is 12.6. The van der Waals surface area contributed by atoms with Gasteiger partial charge in [-0.2, -0.15) is 0 Å². The predicted octanol–water partition coefficient (Wildman–Crippen LogP) is 3.81. The molecule has 0 spiro atoms. The number of aromatic nitrogens is 2. The minimum Gasteiger partial charge on any atom is -0.365 e. The second-order valence-corrected chi connectivity index (χ2v) is 6.01. The van der Waals surface area contributed by atoms with Crippen molar-refractivity contribution in [1.82, 2.24) is 15.3 Å². The molecule has 0 saturated carbocycles. The number of rotatable bonds is 6. The minimum absolute atomic E-state index is 0.212. The van der Waals surface area contributed by atoms with Crippen molar-refractivity contribution in [3.63, 3.8) is 0 Å². The molecule has 3 aromatic rings. The molecule has 0 atom stereocenters. The number of hydrogen-bond donors (Lipinski definition) is 2. The Morgan fingerprint density at radius 1 is 0.923 bits per heavy atom. The maximum Gasteiger partial charge on any atom is 0.271 e. The standard InChI is InChI=1S/C19H16ClFN4O/c20-15-5-1-13(2-6-15)9-23-18-12-22-17(11-24-18)19(26)25-10-14-3-7-16(21)8-4-14/h1-8,11-12H,9-10H2,(H,23,24)(H,25,26). The molecule has 1 amide bonds. The number of anilines is 1. The Bertz CT molecular complexity index is 868. The highest BCUT2D eigenvalue weighted by molar-refractivity contribution is 6.30. The zero-order valence-corrected chi connectivity index (χ0v) is 14.5. The molecule has 1 heterocycles. The molecule has 0 aliphatic heterocycles. The Hall–Kier alpha value is -2.99. The van der Waals surface area contributed by atoms with Crippen molar-refractivity contribution in [2.75, 3.05) is 5.32 Å². The van der Waals surface area contributed by atoms with Gasteiger partial charge in [0.05, 0.1) is 12.4 Å². The van der Waals surface area contributed by atoms with Gasteiger partial charge in [-0.15, -0.1) is 0 Å². The van der Waals surface area contributed by atoms with E-state index in [1.54, 1.807) is 12.1 Å². The van der Waals surface area contributed by atoms with Crippen molar-refractivity contribution in [2.45, 2.75) is 13.1 Å². The lowest BCUT2D eigenvalue weighted by Crippen LogP contribution is -2.24. The van der Waals surface area contributed by atoms with Crippen LogP contribution in [0.1, 0.15) is 21.6 Å². The van der Waals surface area contributed by atoms with E-state index >= 15 is 0 Å². The highest BCUT2D eigenvalue weighted by Crippen LogP contribution is 2.11. The van der Waals surface area contributed by atoms with Crippen molar-refractivity contribution in [2.24, 2.45) is 0 Å². The molecule has 2 N–H and O–H groups in total. The van der Waals surface area contributed by atoms with Gasteiger partial charge in [0.15, 0.2) is 0 Å². The molecule has 26 heavy (non-hydrogen) atoms. The first kappa shape index (κ1) is 17.8. The Morgan fingerprint density at radius 3 is 2.23 bits per heavy atom. The molecular formula is C19H16ClFN4O. The van der Waals surface area contributed by atoms with E-state index in [0.29, 0.717) is 17.4 Å². The summed E-state index contributed by atoms with van der Waals surface area (Å²) in [4.78, 5) is 20.4. The van der Waals surface area contributed by atoms with Crippen LogP contribution < -0.4 is 10.6 Å². The largest absolute Gasteiger partial charge is 0.365 e. The van der Waals surface area contributed by atoms with Crippen LogP contribution in [0.5, 0.6) is 0 Å². The second kappa shape index (κ2) is 8.40. The van der Waals surface area contributed by atoms with Crippen LogP contribution in [0, 0.1) is 5.82 Å². The average molecular weight is 371 g/mol.